The topological polar surface area (TPSA) is 29.5 Å². The molecule has 0 unspecified atom stereocenters. The minimum absolute atomic E-state index is 0.225. The van der Waals surface area contributed by atoms with Crippen molar-refractivity contribution in [2.24, 2.45) is 5.92 Å². The van der Waals surface area contributed by atoms with Crippen LogP contribution >= 0.6 is 0 Å². The van der Waals surface area contributed by atoms with Crippen LogP contribution in [0.4, 0.5) is 0 Å². The Morgan fingerprint density at radius 2 is 1.84 bits per heavy atom. The van der Waals surface area contributed by atoms with Crippen LogP contribution in [0.2, 0.25) is 0 Å². The summed E-state index contributed by atoms with van der Waals surface area (Å²) >= 11 is 0. The van der Waals surface area contributed by atoms with E-state index in [-0.39, 0.29) is 5.60 Å². The van der Waals surface area contributed by atoms with Crippen molar-refractivity contribution in [2.45, 2.75) is 64.9 Å². The molecule has 106 valence electrons. The molecule has 0 spiro atoms. The van der Waals surface area contributed by atoms with E-state index >= 15 is 0 Å². The number of ether oxygens (including phenoxy) is 1. The molecule has 1 aliphatic carbocycles. The van der Waals surface area contributed by atoms with Gasteiger partial charge in [-0.05, 0) is 44.7 Å². The van der Waals surface area contributed by atoms with Crippen LogP contribution < -0.4 is 4.74 Å². The van der Waals surface area contributed by atoms with Crippen molar-refractivity contribution in [1.82, 2.24) is 0 Å². The lowest BCUT2D eigenvalue weighted by Crippen LogP contribution is -2.22. The standard InChI is InChI=1S/C17H26O2/c1-17(2,3)19-15-10-9-14(16(18)12-15)11-13-7-5-4-6-8-13/h9-10,12-13,18H,4-8,11H2,1-3H3. The first-order chi connectivity index (χ1) is 8.94. The molecule has 0 amide bonds. The first-order valence-corrected chi connectivity index (χ1v) is 7.45. The summed E-state index contributed by atoms with van der Waals surface area (Å²) in [6.07, 6.45) is 7.68. The summed E-state index contributed by atoms with van der Waals surface area (Å²) in [6, 6.07) is 5.75. The SMILES string of the molecule is CC(C)(C)Oc1ccc(CC2CCCCC2)c(O)c1. The van der Waals surface area contributed by atoms with Crippen LogP contribution in [0.3, 0.4) is 0 Å². The van der Waals surface area contributed by atoms with Crippen molar-refractivity contribution in [3.8, 4) is 11.5 Å². The molecule has 2 heteroatoms. The quantitative estimate of drug-likeness (QED) is 0.856. The minimum atomic E-state index is -0.225. The van der Waals surface area contributed by atoms with Gasteiger partial charge in [0.15, 0.2) is 0 Å². The van der Waals surface area contributed by atoms with Gasteiger partial charge in [0.1, 0.15) is 17.1 Å². The molecule has 1 fully saturated rings. The first kappa shape index (κ1) is 14.2. The van der Waals surface area contributed by atoms with Gasteiger partial charge in [-0.15, -0.1) is 0 Å². The molecule has 0 bridgehead atoms. The van der Waals surface area contributed by atoms with Gasteiger partial charge < -0.3 is 9.84 Å². The second-order valence-corrected chi connectivity index (χ2v) is 6.71. The van der Waals surface area contributed by atoms with Crippen LogP contribution in [0.1, 0.15) is 58.4 Å². The molecule has 1 aromatic rings. The van der Waals surface area contributed by atoms with E-state index in [2.05, 4.69) is 0 Å². The third-order valence-electron chi connectivity index (χ3n) is 3.71. The zero-order valence-electron chi connectivity index (χ0n) is 12.4. The van der Waals surface area contributed by atoms with Gasteiger partial charge in [0.2, 0.25) is 0 Å². The smallest absolute Gasteiger partial charge is 0.123 e. The van der Waals surface area contributed by atoms with Gasteiger partial charge in [-0.1, -0.05) is 38.2 Å². The van der Waals surface area contributed by atoms with Crippen LogP contribution in [0.5, 0.6) is 11.5 Å². The van der Waals surface area contributed by atoms with Crippen LogP contribution in [-0.4, -0.2) is 10.7 Å². The van der Waals surface area contributed by atoms with Gasteiger partial charge in [-0.25, -0.2) is 0 Å². The van der Waals surface area contributed by atoms with E-state index < -0.39 is 0 Å². The highest BCUT2D eigenvalue weighted by atomic mass is 16.5. The Balaban J connectivity index is 2.02. The lowest BCUT2D eigenvalue weighted by Gasteiger charge is -2.23. The molecule has 2 nitrogen and oxygen atoms in total. The Kier molecular flexibility index (Phi) is 4.38. The highest BCUT2D eigenvalue weighted by Crippen LogP contribution is 2.32. The number of hydrogen-bond acceptors (Lipinski definition) is 2. The van der Waals surface area contributed by atoms with Crippen LogP contribution in [0, 0.1) is 5.92 Å². The van der Waals surface area contributed by atoms with E-state index in [0.29, 0.717) is 5.75 Å². The predicted octanol–water partition coefficient (Wildman–Crippen LogP) is 4.69. The Hall–Kier alpha value is -1.18. The van der Waals surface area contributed by atoms with E-state index in [1.165, 1.54) is 32.1 Å². The fraction of sp³-hybridized carbons (Fsp3) is 0.647. The van der Waals surface area contributed by atoms with Crippen molar-refractivity contribution in [2.75, 3.05) is 0 Å². The zero-order valence-corrected chi connectivity index (χ0v) is 12.4. The Bertz CT molecular complexity index is 412. The van der Waals surface area contributed by atoms with Gasteiger partial charge in [-0.3, -0.25) is 0 Å². The van der Waals surface area contributed by atoms with Crippen LogP contribution in [-0.2, 0) is 6.42 Å². The van der Waals surface area contributed by atoms with Crippen LogP contribution in [0.25, 0.3) is 0 Å². The summed E-state index contributed by atoms with van der Waals surface area (Å²) in [7, 11) is 0. The lowest BCUT2D eigenvalue weighted by atomic mass is 9.84. The van der Waals surface area contributed by atoms with Crippen molar-refractivity contribution in [3.63, 3.8) is 0 Å². The first-order valence-electron chi connectivity index (χ1n) is 7.45. The van der Waals surface area contributed by atoms with Gasteiger partial charge >= 0.3 is 0 Å². The highest BCUT2D eigenvalue weighted by molar-refractivity contribution is 5.40. The third-order valence-corrected chi connectivity index (χ3v) is 3.71. The molecule has 1 saturated carbocycles. The number of phenols is 1. The molecule has 0 saturated heterocycles. The third kappa shape index (κ3) is 4.45. The summed E-state index contributed by atoms with van der Waals surface area (Å²) in [5.74, 6) is 1.87. The van der Waals surface area contributed by atoms with Crippen LogP contribution in [0.15, 0.2) is 18.2 Å². The number of aromatic hydroxyl groups is 1. The summed E-state index contributed by atoms with van der Waals surface area (Å²) in [4.78, 5) is 0. The number of phenolic OH excluding ortho intramolecular Hbond substituents is 1. The van der Waals surface area contributed by atoms with E-state index in [9.17, 15) is 5.11 Å². The summed E-state index contributed by atoms with van der Waals surface area (Å²) < 4.78 is 5.77. The molecule has 1 aliphatic rings. The van der Waals surface area contributed by atoms with Gasteiger partial charge in [0.25, 0.3) is 0 Å². The zero-order chi connectivity index (χ0) is 13.9. The maximum absolute atomic E-state index is 10.1. The largest absolute Gasteiger partial charge is 0.508 e. The molecule has 1 N–H and O–H groups in total. The Morgan fingerprint density at radius 3 is 2.42 bits per heavy atom. The molecular weight excluding hydrogens is 236 g/mol. The molecular formula is C17H26O2. The normalized spacial score (nSPS) is 17.4. The molecule has 0 heterocycles. The second kappa shape index (κ2) is 5.85. The molecule has 0 aromatic heterocycles. The van der Waals surface area contributed by atoms with E-state index in [4.69, 9.17) is 4.74 Å². The van der Waals surface area contributed by atoms with Gasteiger partial charge in [-0.2, -0.15) is 0 Å². The summed E-state index contributed by atoms with van der Waals surface area (Å²) in [5, 5.41) is 10.1. The van der Waals surface area contributed by atoms with Crippen molar-refractivity contribution < 1.29 is 9.84 Å². The van der Waals surface area contributed by atoms with Gasteiger partial charge in [0, 0.05) is 6.07 Å². The molecule has 0 atom stereocenters. The summed E-state index contributed by atoms with van der Waals surface area (Å²) in [6.45, 7) is 6.04. The molecule has 0 aliphatic heterocycles. The second-order valence-electron chi connectivity index (χ2n) is 6.71. The highest BCUT2D eigenvalue weighted by Gasteiger charge is 2.17. The van der Waals surface area contributed by atoms with E-state index in [0.717, 1.165) is 23.7 Å². The maximum atomic E-state index is 10.1. The maximum Gasteiger partial charge on any atom is 0.123 e. The van der Waals surface area contributed by atoms with Gasteiger partial charge in [0.05, 0.1) is 0 Å². The van der Waals surface area contributed by atoms with Crippen molar-refractivity contribution in [1.29, 1.82) is 0 Å². The van der Waals surface area contributed by atoms with E-state index in [1.54, 1.807) is 6.07 Å². The lowest BCUT2D eigenvalue weighted by molar-refractivity contribution is 0.130. The van der Waals surface area contributed by atoms with Crippen molar-refractivity contribution >= 4 is 0 Å². The average Bonchev–Trinajstić information content (AvgIpc) is 2.32. The predicted molar refractivity (Wildman–Crippen MR) is 78.8 cm³/mol. The molecule has 19 heavy (non-hydrogen) atoms. The molecule has 2 rings (SSSR count). The number of hydrogen-bond donors (Lipinski definition) is 1. The minimum Gasteiger partial charge on any atom is -0.508 e. The fourth-order valence-corrected chi connectivity index (χ4v) is 2.84. The number of rotatable bonds is 3. The molecule has 0 radical (unpaired) electrons. The fourth-order valence-electron chi connectivity index (χ4n) is 2.84. The Morgan fingerprint density at radius 1 is 1.16 bits per heavy atom. The average molecular weight is 262 g/mol. The summed E-state index contributed by atoms with van der Waals surface area (Å²) in [5.41, 5.74) is 0.838. The number of benzene rings is 1. The Labute approximate surface area is 116 Å². The van der Waals surface area contributed by atoms with Crippen molar-refractivity contribution in [3.05, 3.63) is 23.8 Å². The van der Waals surface area contributed by atoms with E-state index in [1.807, 2.05) is 32.9 Å². The monoisotopic (exact) mass is 262 g/mol. The molecule has 1 aromatic carbocycles.